The molecule has 0 spiro atoms. The predicted octanol–water partition coefficient (Wildman–Crippen LogP) is 3.01. The highest BCUT2D eigenvalue weighted by Crippen LogP contribution is 2.27. The molecule has 2 amide bonds. The van der Waals surface area contributed by atoms with E-state index >= 15 is 0 Å². The van der Waals surface area contributed by atoms with Crippen LogP contribution < -0.4 is 5.32 Å². The number of piperidine rings is 1. The second kappa shape index (κ2) is 6.27. The molecule has 98 valence electrons. The number of amides is 2. The van der Waals surface area contributed by atoms with Gasteiger partial charge in [0.1, 0.15) is 0 Å². The van der Waals surface area contributed by atoms with Crippen LogP contribution in [0, 0.1) is 11.8 Å². The van der Waals surface area contributed by atoms with Crippen molar-refractivity contribution < 1.29 is 4.79 Å². The summed E-state index contributed by atoms with van der Waals surface area (Å²) in [6.07, 6.45) is 8.89. The van der Waals surface area contributed by atoms with Crippen molar-refractivity contribution >= 4 is 6.03 Å². The fourth-order valence-electron chi connectivity index (χ4n) is 2.97. The number of hydrogen-bond acceptors (Lipinski definition) is 1. The first-order valence-corrected chi connectivity index (χ1v) is 7.28. The van der Waals surface area contributed by atoms with Crippen LogP contribution in [0.2, 0.25) is 0 Å². The molecule has 3 nitrogen and oxygen atoms in total. The molecule has 2 rings (SSSR count). The molecule has 1 aliphatic carbocycles. The topological polar surface area (TPSA) is 32.3 Å². The number of carbonyl (C=O) groups is 1. The van der Waals surface area contributed by atoms with Crippen LogP contribution in [0.3, 0.4) is 0 Å². The van der Waals surface area contributed by atoms with E-state index in [1.54, 1.807) is 0 Å². The smallest absolute Gasteiger partial charge is 0.317 e. The molecule has 1 aliphatic heterocycles. The van der Waals surface area contributed by atoms with Gasteiger partial charge in [-0.2, -0.15) is 0 Å². The van der Waals surface area contributed by atoms with Gasteiger partial charge in [-0.25, -0.2) is 4.79 Å². The fourth-order valence-corrected chi connectivity index (χ4v) is 2.97. The maximum Gasteiger partial charge on any atom is 0.317 e. The van der Waals surface area contributed by atoms with Crippen molar-refractivity contribution in [1.29, 1.82) is 0 Å². The third-order valence-electron chi connectivity index (χ3n) is 4.32. The largest absolute Gasteiger partial charge is 0.338 e. The van der Waals surface area contributed by atoms with E-state index in [2.05, 4.69) is 12.2 Å². The minimum atomic E-state index is 0.170. The highest BCUT2D eigenvalue weighted by Gasteiger charge is 2.20. The van der Waals surface area contributed by atoms with Gasteiger partial charge in [-0.3, -0.25) is 0 Å². The second-order valence-electron chi connectivity index (χ2n) is 5.86. The molecule has 17 heavy (non-hydrogen) atoms. The van der Waals surface area contributed by atoms with E-state index in [1.165, 1.54) is 44.9 Å². The zero-order chi connectivity index (χ0) is 12.1. The van der Waals surface area contributed by atoms with Gasteiger partial charge in [-0.1, -0.05) is 19.8 Å². The molecule has 0 unspecified atom stereocenters. The minimum Gasteiger partial charge on any atom is -0.338 e. The summed E-state index contributed by atoms with van der Waals surface area (Å²) in [6.45, 7) is 5.13. The normalized spacial score (nSPS) is 30.1. The van der Waals surface area contributed by atoms with Crippen molar-refractivity contribution in [3.8, 4) is 0 Å². The van der Waals surface area contributed by atoms with Crippen LogP contribution in [0.5, 0.6) is 0 Å². The third kappa shape index (κ3) is 3.90. The Labute approximate surface area is 105 Å². The van der Waals surface area contributed by atoms with Gasteiger partial charge in [-0.05, 0) is 43.9 Å². The van der Waals surface area contributed by atoms with Crippen molar-refractivity contribution in [3.63, 3.8) is 0 Å². The lowest BCUT2D eigenvalue weighted by molar-refractivity contribution is 0.181. The lowest BCUT2D eigenvalue weighted by Gasteiger charge is -2.29. The number of nitrogens with one attached hydrogen (secondary N) is 1. The zero-order valence-corrected chi connectivity index (χ0v) is 11.1. The first kappa shape index (κ1) is 12.7. The van der Waals surface area contributed by atoms with E-state index in [-0.39, 0.29) is 6.03 Å². The highest BCUT2D eigenvalue weighted by atomic mass is 16.2. The van der Waals surface area contributed by atoms with Gasteiger partial charge in [0.15, 0.2) is 0 Å². The first-order chi connectivity index (χ1) is 8.25. The molecular weight excluding hydrogens is 212 g/mol. The zero-order valence-electron chi connectivity index (χ0n) is 11.1. The van der Waals surface area contributed by atoms with Gasteiger partial charge < -0.3 is 10.2 Å². The van der Waals surface area contributed by atoms with E-state index in [0.29, 0.717) is 0 Å². The molecule has 2 fully saturated rings. The molecule has 0 aromatic rings. The van der Waals surface area contributed by atoms with E-state index in [9.17, 15) is 4.79 Å². The van der Waals surface area contributed by atoms with E-state index in [1.807, 2.05) is 4.90 Å². The second-order valence-corrected chi connectivity index (χ2v) is 5.86. The van der Waals surface area contributed by atoms with Gasteiger partial charge in [-0.15, -0.1) is 0 Å². The Balaban J connectivity index is 1.65. The van der Waals surface area contributed by atoms with Crippen molar-refractivity contribution in [1.82, 2.24) is 10.2 Å². The summed E-state index contributed by atoms with van der Waals surface area (Å²) in [6, 6.07) is 0.170. The average molecular weight is 238 g/mol. The molecule has 1 saturated heterocycles. The van der Waals surface area contributed by atoms with Gasteiger partial charge in [0.2, 0.25) is 0 Å². The van der Waals surface area contributed by atoms with Crippen molar-refractivity contribution in [2.45, 2.75) is 51.9 Å². The molecule has 0 bridgehead atoms. The Morgan fingerprint density at radius 1 is 1.12 bits per heavy atom. The fraction of sp³-hybridized carbons (Fsp3) is 0.929. The summed E-state index contributed by atoms with van der Waals surface area (Å²) in [5, 5.41) is 3.12. The number of likely N-dealkylation sites (tertiary alicyclic amines) is 1. The monoisotopic (exact) mass is 238 g/mol. The molecule has 0 radical (unpaired) electrons. The van der Waals surface area contributed by atoms with E-state index in [0.717, 1.165) is 31.5 Å². The number of nitrogens with zero attached hydrogens (tertiary/aromatic N) is 1. The summed E-state index contributed by atoms with van der Waals surface area (Å²) in [4.78, 5) is 13.9. The number of hydrogen-bond donors (Lipinski definition) is 1. The average Bonchev–Trinajstić information content (AvgIpc) is 2.39. The minimum absolute atomic E-state index is 0.170. The Hall–Kier alpha value is -0.730. The van der Waals surface area contributed by atoms with Crippen LogP contribution in [0.4, 0.5) is 4.79 Å². The molecule has 2 aliphatic rings. The highest BCUT2D eigenvalue weighted by molar-refractivity contribution is 5.74. The van der Waals surface area contributed by atoms with Crippen LogP contribution in [-0.4, -0.2) is 30.6 Å². The quantitative estimate of drug-likeness (QED) is 0.788. The van der Waals surface area contributed by atoms with E-state index in [4.69, 9.17) is 0 Å². The number of rotatable bonds is 2. The lowest BCUT2D eigenvalue weighted by atomic mass is 9.83. The summed E-state index contributed by atoms with van der Waals surface area (Å²) in [5.74, 6) is 1.61. The summed E-state index contributed by atoms with van der Waals surface area (Å²) in [7, 11) is 0. The molecule has 1 N–H and O–H groups in total. The number of urea groups is 1. The first-order valence-electron chi connectivity index (χ1n) is 7.28. The van der Waals surface area contributed by atoms with Gasteiger partial charge in [0, 0.05) is 19.6 Å². The summed E-state index contributed by atoms with van der Waals surface area (Å²) in [5.41, 5.74) is 0. The Morgan fingerprint density at radius 3 is 2.41 bits per heavy atom. The Bertz CT molecular complexity index is 241. The SMILES string of the molecule is CC1CCC(CNC(=O)N2CCCCC2)CC1. The van der Waals surface area contributed by atoms with Crippen molar-refractivity contribution in [2.75, 3.05) is 19.6 Å². The van der Waals surface area contributed by atoms with Crippen LogP contribution in [-0.2, 0) is 0 Å². The third-order valence-corrected chi connectivity index (χ3v) is 4.32. The van der Waals surface area contributed by atoms with E-state index < -0.39 is 0 Å². The molecular formula is C14H26N2O. The molecule has 0 aromatic carbocycles. The maximum atomic E-state index is 11.9. The van der Waals surface area contributed by atoms with Gasteiger partial charge in [0.05, 0.1) is 0 Å². The van der Waals surface area contributed by atoms with Gasteiger partial charge >= 0.3 is 6.03 Å². The summed E-state index contributed by atoms with van der Waals surface area (Å²) < 4.78 is 0. The van der Waals surface area contributed by atoms with Crippen LogP contribution in [0.25, 0.3) is 0 Å². The molecule has 3 heteroatoms. The van der Waals surface area contributed by atoms with Crippen LogP contribution in [0.1, 0.15) is 51.9 Å². The predicted molar refractivity (Wildman–Crippen MR) is 69.9 cm³/mol. The summed E-state index contributed by atoms with van der Waals surface area (Å²) >= 11 is 0. The Morgan fingerprint density at radius 2 is 1.76 bits per heavy atom. The maximum absolute atomic E-state index is 11.9. The van der Waals surface area contributed by atoms with Gasteiger partial charge in [0.25, 0.3) is 0 Å². The lowest BCUT2D eigenvalue weighted by Crippen LogP contribution is -2.44. The molecule has 0 atom stereocenters. The van der Waals surface area contributed by atoms with Crippen molar-refractivity contribution in [2.24, 2.45) is 11.8 Å². The van der Waals surface area contributed by atoms with Crippen molar-refractivity contribution in [3.05, 3.63) is 0 Å². The van der Waals surface area contributed by atoms with Crippen LogP contribution >= 0.6 is 0 Å². The molecule has 0 aromatic heterocycles. The number of carbonyl (C=O) groups excluding carboxylic acids is 1. The molecule has 1 heterocycles. The Kier molecular flexibility index (Phi) is 4.69. The molecule has 1 saturated carbocycles. The standard InChI is InChI=1S/C14H26N2O/c1-12-5-7-13(8-6-12)11-15-14(17)16-9-3-2-4-10-16/h12-13H,2-11H2,1H3,(H,15,17). The van der Waals surface area contributed by atoms with Crippen LogP contribution in [0.15, 0.2) is 0 Å².